The molecule has 0 aromatic rings. The fourth-order valence-electron chi connectivity index (χ4n) is 1.60. The van der Waals surface area contributed by atoms with Gasteiger partial charge in [-0.05, 0) is 19.5 Å². The number of rotatable bonds is 3. The third-order valence-electron chi connectivity index (χ3n) is 2.36. The average molecular weight is 185 g/mol. The molecule has 1 fully saturated rings. The summed E-state index contributed by atoms with van der Waals surface area (Å²) in [6.07, 6.45) is 0.951. The molecule has 13 heavy (non-hydrogen) atoms. The smallest absolute Gasteiger partial charge is 0.331 e. The van der Waals surface area contributed by atoms with E-state index >= 15 is 0 Å². The second-order valence-corrected chi connectivity index (χ2v) is 3.07. The summed E-state index contributed by atoms with van der Waals surface area (Å²) in [5.41, 5.74) is 0. The minimum absolute atomic E-state index is 0.215. The summed E-state index contributed by atoms with van der Waals surface area (Å²) in [6.45, 7) is 5.61. The number of hydrogen-bond acceptors (Lipinski definition) is 4. The highest BCUT2D eigenvalue weighted by Crippen LogP contribution is 2.15. The van der Waals surface area contributed by atoms with E-state index < -0.39 is 5.97 Å². The van der Waals surface area contributed by atoms with Crippen molar-refractivity contribution in [3.8, 4) is 0 Å². The number of likely N-dealkylation sites (N-methyl/N-ethyl adjacent to an activating group) is 1. The molecule has 0 radical (unpaired) electrons. The maximum absolute atomic E-state index is 11.3. The van der Waals surface area contributed by atoms with Crippen molar-refractivity contribution in [1.29, 1.82) is 0 Å². The Hall–Kier alpha value is -0.900. The summed E-state index contributed by atoms with van der Waals surface area (Å²) < 4.78 is 4.56. The molecular weight excluding hydrogens is 170 g/mol. The van der Waals surface area contributed by atoms with Gasteiger partial charge in [-0.3, -0.25) is 9.69 Å². The van der Waals surface area contributed by atoms with Crippen LogP contribution in [0.15, 0.2) is 0 Å². The molecule has 4 nitrogen and oxygen atoms in total. The van der Waals surface area contributed by atoms with Crippen molar-refractivity contribution in [1.82, 2.24) is 4.90 Å². The maximum Gasteiger partial charge on any atom is 0.331 e. The number of cyclic esters (lactones) is 2. The first-order valence-corrected chi connectivity index (χ1v) is 4.67. The monoisotopic (exact) mass is 185 g/mol. The van der Waals surface area contributed by atoms with E-state index in [1.807, 2.05) is 18.7 Å². The largest absolute Gasteiger partial charge is 0.392 e. The Morgan fingerprint density at radius 2 is 2.00 bits per heavy atom. The van der Waals surface area contributed by atoms with Crippen LogP contribution in [0, 0.1) is 0 Å². The summed E-state index contributed by atoms with van der Waals surface area (Å²) in [6, 6.07) is -0.215. The number of hydrogen-bond donors (Lipinski definition) is 0. The molecule has 0 saturated carbocycles. The van der Waals surface area contributed by atoms with Gasteiger partial charge in [-0.25, -0.2) is 4.79 Å². The Morgan fingerprint density at radius 3 is 2.46 bits per heavy atom. The maximum atomic E-state index is 11.3. The molecule has 0 amide bonds. The number of esters is 2. The highest BCUT2D eigenvalue weighted by Gasteiger charge is 2.32. The molecule has 1 aliphatic heterocycles. The zero-order valence-corrected chi connectivity index (χ0v) is 8.08. The van der Waals surface area contributed by atoms with Crippen LogP contribution in [0.3, 0.4) is 0 Å². The quantitative estimate of drug-likeness (QED) is 0.476. The predicted molar refractivity (Wildman–Crippen MR) is 47.0 cm³/mol. The fraction of sp³-hybridized carbons (Fsp3) is 0.778. The summed E-state index contributed by atoms with van der Waals surface area (Å²) in [5, 5.41) is 0. The Balaban J connectivity index is 2.59. The molecule has 1 atom stereocenters. The molecule has 1 heterocycles. The third kappa shape index (κ3) is 2.28. The summed E-state index contributed by atoms with van der Waals surface area (Å²) in [5.74, 6) is -0.784. The van der Waals surface area contributed by atoms with Crippen LogP contribution in [0.1, 0.15) is 26.7 Å². The van der Waals surface area contributed by atoms with Crippen molar-refractivity contribution in [3.63, 3.8) is 0 Å². The topological polar surface area (TPSA) is 46.6 Å². The van der Waals surface area contributed by atoms with Crippen LogP contribution in [-0.4, -0.2) is 36.0 Å². The van der Waals surface area contributed by atoms with E-state index in [4.69, 9.17) is 0 Å². The highest BCUT2D eigenvalue weighted by atomic mass is 16.6. The summed E-state index contributed by atoms with van der Waals surface area (Å²) in [4.78, 5) is 24.0. The van der Waals surface area contributed by atoms with Crippen molar-refractivity contribution < 1.29 is 14.3 Å². The lowest BCUT2D eigenvalue weighted by Gasteiger charge is -2.29. The minimum atomic E-state index is -0.395. The van der Waals surface area contributed by atoms with Gasteiger partial charge in [0.25, 0.3) is 0 Å². The van der Waals surface area contributed by atoms with Crippen LogP contribution in [0.4, 0.5) is 0 Å². The number of carbonyl (C=O) groups is 2. The number of ether oxygens (including phenoxy) is 1. The van der Waals surface area contributed by atoms with Gasteiger partial charge in [0.2, 0.25) is 0 Å². The molecule has 1 saturated heterocycles. The van der Waals surface area contributed by atoms with Gasteiger partial charge in [0, 0.05) is 6.42 Å². The van der Waals surface area contributed by atoms with Crippen LogP contribution in [0.25, 0.3) is 0 Å². The van der Waals surface area contributed by atoms with Crippen LogP contribution >= 0.6 is 0 Å². The lowest BCUT2D eigenvalue weighted by Crippen LogP contribution is -2.45. The van der Waals surface area contributed by atoms with E-state index in [1.165, 1.54) is 0 Å². The Labute approximate surface area is 77.8 Å². The molecule has 0 aliphatic carbocycles. The molecule has 1 aliphatic rings. The molecule has 0 spiro atoms. The van der Waals surface area contributed by atoms with Gasteiger partial charge in [-0.2, -0.15) is 0 Å². The van der Waals surface area contributed by atoms with Gasteiger partial charge in [0.05, 0.1) is 0 Å². The molecule has 0 bridgehead atoms. The molecule has 1 rings (SSSR count). The van der Waals surface area contributed by atoms with Crippen molar-refractivity contribution in [3.05, 3.63) is 0 Å². The van der Waals surface area contributed by atoms with E-state index in [0.717, 1.165) is 13.1 Å². The first kappa shape index (κ1) is 10.2. The van der Waals surface area contributed by atoms with Crippen molar-refractivity contribution in [2.24, 2.45) is 0 Å². The van der Waals surface area contributed by atoms with Crippen LogP contribution in [-0.2, 0) is 14.3 Å². The lowest BCUT2D eigenvalue weighted by molar-refractivity contribution is -0.168. The molecule has 1 unspecified atom stereocenters. The van der Waals surface area contributed by atoms with Crippen molar-refractivity contribution >= 4 is 11.9 Å². The SMILES string of the molecule is CCN(CC)C1CCC(=O)OC1=O. The molecule has 74 valence electrons. The Bertz CT molecular complexity index is 211. The Kier molecular flexibility index (Phi) is 3.42. The van der Waals surface area contributed by atoms with E-state index in [0.29, 0.717) is 12.8 Å². The Morgan fingerprint density at radius 1 is 1.38 bits per heavy atom. The molecule has 0 aromatic heterocycles. The predicted octanol–water partition coefficient (Wildman–Crippen LogP) is 0.560. The van der Waals surface area contributed by atoms with Gasteiger partial charge in [0.1, 0.15) is 6.04 Å². The van der Waals surface area contributed by atoms with Gasteiger partial charge in [0.15, 0.2) is 0 Å². The standard InChI is InChI=1S/C9H15NO3/c1-3-10(4-2)7-5-6-8(11)13-9(7)12/h7H,3-6H2,1-2H3. The molecule has 4 heteroatoms. The van der Waals surface area contributed by atoms with Gasteiger partial charge in [-0.1, -0.05) is 13.8 Å². The molecule has 0 N–H and O–H groups in total. The van der Waals surface area contributed by atoms with Crippen LogP contribution < -0.4 is 0 Å². The zero-order chi connectivity index (χ0) is 9.84. The summed E-state index contributed by atoms with van der Waals surface area (Å²) >= 11 is 0. The highest BCUT2D eigenvalue weighted by molar-refractivity contribution is 5.91. The molecule has 0 aromatic carbocycles. The average Bonchev–Trinajstić information content (AvgIpc) is 2.10. The van der Waals surface area contributed by atoms with Crippen LogP contribution in [0.2, 0.25) is 0 Å². The van der Waals surface area contributed by atoms with Crippen LogP contribution in [0.5, 0.6) is 0 Å². The van der Waals surface area contributed by atoms with Crippen molar-refractivity contribution in [2.45, 2.75) is 32.7 Å². The van der Waals surface area contributed by atoms with E-state index in [9.17, 15) is 9.59 Å². The second-order valence-electron chi connectivity index (χ2n) is 3.07. The normalized spacial score (nSPS) is 23.5. The zero-order valence-electron chi connectivity index (χ0n) is 8.08. The second kappa shape index (κ2) is 4.37. The van der Waals surface area contributed by atoms with E-state index in [1.54, 1.807) is 0 Å². The number of carbonyl (C=O) groups excluding carboxylic acids is 2. The van der Waals surface area contributed by atoms with E-state index in [2.05, 4.69) is 4.74 Å². The number of nitrogens with zero attached hydrogens (tertiary/aromatic N) is 1. The van der Waals surface area contributed by atoms with Gasteiger partial charge in [-0.15, -0.1) is 0 Å². The van der Waals surface area contributed by atoms with E-state index in [-0.39, 0.29) is 12.0 Å². The minimum Gasteiger partial charge on any atom is -0.392 e. The third-order valence-corrected chi connectivity index (χ3v) is 2.36. The fourth-order valence-corrected chi connectivity index (χ4v) is 1.60. The lowest BCUT2D eigenvalue weighted by atomic mass is 10.1. The van der Waals surface area contributed by atoms with Gasteiger partial charge < -0.3 is 4.74 Å². The van der Waals surface area contributed by atoms with Gasteiger partial charge >= 0.3 is 11.9 Å². The molecular formula is C9H15NO3. The first-order valence-electron chi connectivity index (χ1n) is 4.67. The summed E-state index contributed by atoms with van der Waals surface area (Å²) in [7, 11) is 0. The van der Waals surface area contributed by atoms with Crippen molar-refractivity contribution in [2.75, 3.05) is 13.1 Å². The first-order chi connectivity index (χ1) is 6.19.